The first-order valence-electron chi connectivity index (χ1n) is 9.64. The van der Waals surface area contributed by atoms with E-state index < -0.39 is 29.9 Å². The summed E-state index contributed by atoms with van der Waals surface area (Å²) in [6, 6.07) is 17.4. The molecule has 0 aromatic heterocycles. The van der Waals surface area contributed by atoms with Gasteiger partial charge >= 0.3 is 5.97 Å². The van der Waals surface area contributed by atoms with Gasteiger partial charge in [0.25, 0.3) is 0 Å². The zero-order chi connectivity index (χ0) is 20.8. The number of primary amides is 1. The van der Waals surface area contributed by atoms with Crippen LogP contribution in [0.2, 0.25) is 0 Å². The number of nitrogens with zero attached hydrogens (tertiary/aromatic N) is 1. The summed E-state index contributed by atoms with van der Waals surface area (Å²) in [5.41, 5.74) is 7.26. The molecule has 7 heteroatoms. The Morgan fingerprint density at radius 3 is 2.07 bits per heavy atom. The predicted molar refractivity (Wildman–Crippen MR) is 108 cm³/mol. The number of amides is 2. The summed E-state index contributed by atoms with van der Waals surface area (Å²) in [4.78, 5) is 38.1. The molecule has 0 saturated carbocycles. The minimum absolute atomic E-state index is 0.315. The van der Waals surface area contributed by atoms with Crippen LogP contribution in [0.4, 0.5) is 0 Å². The van der Waals surface area contributed by atoms with Gasteiger partial charge in [-0.3, -0.25) is 19.7 Å². The molecule has 0 aliphatic carbocycles. The number of nitrogens with two attached hydrogens (primary N) is 1. The number of carbonyl (C=O) groups is 3. The molecule has 2 atom stereocenters. The summed E-state index contributed by atoms with van der Waals surface area (Å²) in [5.74, 6) is -2.33. The molecule has 1 aliphatic rings. The lowest BCUT2D eigenvalue weighted by Gasteiger charge is -2.33. The molecule has 2 amide bonds. The van der Waals surface area contributed by atoms with E-state index in [9.17, 15) is 19.5 Å². The van der Waals surface area contributed by atoms with Gasteiger partial charge in [0, 0.05) is 12.5 Å². The van der Waals surface area contributed by atoms with Crippen LogP contribution in [0.15, 0.2) is 60.7 Å². The monoisotopic (exact) mass is 395 g/mol. The maximum Gasteiger partial charge on any atom is 0.317 e. The molecule has 1 saturated heterocycles. The average Bonchev–Trinajstić information content (AvgIpc) is 3.22. The highest BCUT2D eigenvalue weighted by molar-refractivity contribution is 5.91. The zero-order valence-electron chi connectivity index (χ0n) is 16.0. The Morgan fingerprint density at radius 1 is 1.03 bits per heavy atom. The molecule has 1 fully saturated rings. The largest absolute Gasteiger partial charge is 0.480 e. The van der Waals surface area contributed by atoms with Crippen molar-refractivity contribution in [3.63, 3.8) is 0 Å². The molecule has 2 aromatic carbocycles. The quantitative estimate of drug-likeness (QED) is 0.624. The van der Waals surface area contributed by atoms with E-state index in [4.69, 9.17) is 5.73 Å². The topological polar surface area (TPSA) is 113 Å². The fraction of sp³-hybridized carbons (Fsp3) is 0.318. The van der Waals surface area contributed by atoms with Crippen molar-refractivity contribution >= 4 is 17.8 Å². The molecule has 152 valence electrons. The molecule has 0 spiro atoms. The Labute approximate surface area is 169 Å². The number of carboxylic acids is 1. The van der Waals surface area contributed by atoms with Crippen molar-refractivity contribution in [3.8, 4) is 0 Å². The van der Waals surface area contributed by atoms with Crippen molar-refractivity contribution < 1.29 is 19.5 Å². The molecule has 4 N–H and O–H groups in total. The van der Waals surface area contributed by atoms with Crippen molar-refractivity contribution in [2.24, 2.45) is 5.73 Å². The van der Waals surface area contributed by atoms with Crippen LogP contribution >= 0.6 is 0 Å². The number of nitrogens with one attached hydrogen (secondary N) is 1. The third-order valence-electron chi connectivity index (χ3n) is 5.25. The van der Waals surface area contributed by atoms with Gasteiger partial charge in [0.05, 0.1) is 12.6 Å². The van der Waals surface area contributed by atoms with Crippen LogP contribution in [-0.4, -0.2) is 53.0 Å². The second-order valence-corrected chi connectivity index (χ2v) is 7.14. The van der Waals surface area contributed by atoms with Crippen molar-refractivity contribution in [2.45, 2.75) is 30.8 Å². The normalized spacial score (nSPS) is 17.3. The maximum atomic E-state index is 13.5. The number of carboxylic acid groups (broad SMARTS) is 1. The fourth-order valence-corrected chi connectivity index (χ4v) is 3.95. The van der Waals surface area contributed by atoms with Gasteiger partial charge in [-0.25, -0.2) is 0 Å². The summed E-state index contributed by atoms with van der Waals surface area (Å²) in [7, 11) is 0. The lowest BCUT2D eigenvalue weighted by molar-refractivity contribution is -0.140. The van der Waals surface area contributed by atoms with Crippen molar-refractivity contribution in [1.29, 1.82) is 0 Å². The molecule has 7 nitrogen and oxygen atoms in total. The van der Waals surface area contributed by atoms with E-state index in [1.165, 1.54) is 4.90 Å². The molecule has 1 aliphatic heterocycles. The second kappa shape index (κ2) is 9.34. The van der Waals surface area contributed by atoms with Crippen LogP contribution < -0.4 is 11.1 Å². The first-order chi connectivity index (χ1) is 14.0. The number of benzene rings is 2. The van der Waals surface area contributed by atoms with Gasteiger partial charge in [-0.1, -0.05) is 60.7 Å². The van der Waals surface area contributed by atoms with E-state index in [0.29, 0.717) is 19.4 Å². The van der Waals surface area contributed by atoms with Gasteiger partial charge in [-0.2, -0.15) is 0 Å². The fourth-order valence-electron chi connectivity index (χ4n) is 3.95. The van der Waals surface area contributed by atoms with Gasteiger partial charge in [-0.05, 0) is 24.0 Å². The standard InChI is InChI=1S/C22H25N3O4/c23-21(28)17-12-7-13-25(17)22(29)20(24-14-18(26)27)19(15-8-3-1-4-9-15)16-10-5-2-6-11-16/h1-6,8-11,17,19-20,24H,7,12-14H2,(H2,23,28)(H,26,27)/t17?,20-/m1/s1. The first kappa shape index (κ1) is 20.5. The summed E-state index contributed by atoms with van der Waals surface area (Å²) in [5, 5.41) is 12.1. The summed E-state index contributed by atoms with van der Waals surface area (Å²) >= 11 is 0. The van der Waals surface area contributed by atoms with Gasteiger partial charge in [0.2, 0.25) is 11.8 Å². The molecular formula is C22H25N3O4. The summed E-state index contributed by atoms with van der Waals surface area (Å²) in [6.07, 6.45) is 1.21. The van der Waals surface area contributed by atoms with Crippen molar-refractivity contribution in [2.75, 3.05) is 13.1 Å². The van der Waals surface area contributed by atoms with Crippen LogP contribution in [0, 0.1) is 0 Å². The molecule has 29 heavy (non-hydrogen) atoms. The van der Waals surface area contributed by atoms with E-state index in [2.05, 4.69) is 5.32 Å². The first-order valence-corrected chi connectivity index (χ1v) is 9.64. The number of hydrogen-bond acceptors (Lipinski definition) is 4. The highest BCUT2D eigenvalue weighted by Gasteiger charge is 2.40. The highest BCUT2D eigenvalue weighted by atomic mass is 16.4. The molecular weight excluding hydrogens is 370 g/mol. The number of carbonyl (C=O) groups excluding carboxylic acids is 2. The van der Waals surface area contributed by atoms with E-state index in [1.807, 2.05) is 60.7 Å². The lowest BCUT2D eigenvalue weighted by atomic mass is 9.84. The number of hydrogen-bond donors (Lipinski definition) is 3. The zero-order valence-corrected chi connectivity index (χ0v) is 16.0. The van der Waals surface area contributed by atoms with Crippen LogP contribution in [-0.2, 0) is 14.4 Å². The average molecular weight is 395 g/mol. The molecule has 1 unspecified atom stereocenters. The van der Waals surface area contributed by atoms with Crippen LogP contribution in [0.1, 0.15) is 29.9 Å². The Hall–Kier alpha value is -3.19. The van der Waals surface area contributed by atoms with E-state index in [0.717, 1.165) is 11.1 Å². The predicted octanol–water partition coefficient (Wildman–Crippen LogP) is 1.34. The molecule has 0 bridgehead atoms. The van der Waals surface area contributed by atoms with Crippen LogP contribution in [0.3, 0.4) is 0 Å². The van der Waals surface area contributed by atoms with Crippen molar-refractivity contribution in [1.82, 2.24) is 10.2 Å². The lowest BCUT2D eigenvalue weighted by Crippen LogP contribution is -2.54. The summed E-state index contributed by atoms with van der Waals surface area (Å²) < 4.78 is 0. The minimum atomic E-state index is -1.06. The van der Waals surface area contributed by atoms with E-state index in [1.54, 1.807) is 0 Å². The molecule has 0 radical (unpaired) electrons. The van der Waals surface area contributed by atoms with Crippen molar-refractivity contribution in [3.05, 3.63) is 71.8 Å². The van der Waals surface area contributed by atoms with Gasteiger partial charge in [-0.15, -0.1) is 0 Å². The Bertz CT molecular complexity index is 817. The Morgan fingerprint density at radius 2 is 1.59 bits per heavy atom. The third kappa shape index (κ3) is 4.81. The number of rotatable bonds is 8. The van der Waals surface area contributed by atoms with Gasteiger partial charge in [0.15, 0.2) is 0 Å². The van der Waals surface area contributed by atoms with Crippen LogP contribution in [0.25, 0.3) is 0 Å². The molecule has 1 heterocycles. The van der Waals surface area contributed by atoms with E-state index >= 15 is 0 Å². The van der Waals surface area contributed by atoms with Gasteiger partial charge < -0.3 is 15.7 Å². The maximum absolute atomic E-state index is 13.5. The van der Waals surface area contributed by atoms with Gasteiger partial charge in [0.1, 0.15) is 6.04 Å². The molecule has 3 rings (SSSR count). The third-order valence-corrected chi connectivity index (χ3v) is 5.25. The smallest absolute Gasteiger partial charge is 0.317 e. The van der Waals surface area contributed by atoms with Crippen LogP contribution in [0.5, 0.6) is 0 Å². The second-order valence-electron chi connectivity index (χ2n) is 7.14. The number of likely N-dealkylation sites (tertiary alicyclic amines) is 1. The SMILES string of the molecule is NC(=O)C1CCCN1C(=O)[C@H](NCC(=O)O)C(c1ccccc1)c1ccccc1. The highest BCUT2D eigenvalue weighted by Crippen LogP contribution is 2.31. The Balaban J connectivity index is 2.03. The Kier molecular flexibility index (Phi) is 6.61. The van der Waals surface area contributed by atoms with E-state index in [-0.39, 0.29) is 12.5 Å². The molecule has 2 aromatic rings. The summed E-state index contributed by atoms with van der Waals surface area (Å²) in [6.45, 7) is 0.0512. The minimum Gasteiger partial charge on any atom is -0.480 e. The number of aliphatic carboxylic acids is 1.